The Labute approximate surface area is 237 Å². The largest absolute Gasteiger partial charge is 0.451 e. The van der Waals surface area contributed by atoms with Gasteiger partial charge in [0.25, 0.3) is 0 Å². The third kappa shape index (κ3) is 5.60. The molecule has 0 saturated carbocycles. The minimum Gasteiger partial charge on any atom is -0.451 e. The van der Waals surface area contributed by atoms with Crippen LogP contribution in [0.5, 0.6) is 0 Å². The summed E-state index contributed by atoms with van der Waals surface area (Å²) in [6, 6.07) is 22.1. The number of cyclic esters (lactones) is 1. The molecule has 9 heteroatoms. The topological polar surface area (TPSA) is 106 Å². The monoisotopic (exact) mass is 545 g/mol. The zero-order valence-electron chi connectivity index (χ0n) is 22.5. The molecular formula is C32H27N5O4. The van der Waals surface area contributed by atoms with Gasteiger partial charge in [0.15, 0.2) is 0 Å². The summed E-state index contributed by atoms with van der Waals surface area (Å²) in [5.74, 6) is 6.24. The second-order valence-electron chi connectivity index (χ2n) is 10.2. The molecule has 41 heavy (non-hydrogen) atoms. The molecule has 0 aliphatic carbocycles. The number of nitrogens with zero attached hydrogens (tertiary/aromatic N) is 3. The van der Waals surface area contributed by atoms with Crippen LogP contribution < -0.4 is 10.6 Å². The van der Waals surface area contributed by atoms with Gasteiger partial charge >= 0.3 is 12.0 Å². The standard InChI is InChI=1S/C32H27N5O4/c1-32(2)27-18-25(13-14-26(27)29(38)41-32)35-30-33-19-22(20-34-30)12-11-21-7-6-10-24(17-21)36-31(39)37-28(15-16-40-37)23-8-4-3-5-9-23/h3-10,13-14,17-20,28H,15-16H2,1-2H3,(H,36,39)(H,33,34,35)/t28-/m0/s1. The van der Waals surface area contributed by atoms with E-state index in [-0.39, 0.29) is 18.0 Å². The Morgan fingerprint density at radius 2 is 1.73 bits per heavy atom. The Morgan fingerprint density at radius 3 is 2.54 bits per heavy atom. The van der Waals surface area contributed by atoms with Gasteiger partial charge in [0, 0.05) is 41.3 Å². The van der Waals surface area contributed by atoms with E-state index in [0.29, 0.717) is 29.4 Å². The number of ether oxygens (including phenoxy) is 1. The molecule has 1 aromatic heterocycles. The number of rotatable bonds is 4. The smallest absolute Gasteiger partial charge is 0.346 e. The van der Waals surface area contributed by atoms with Crippen LogP contribution in [-0.2, 0) is 15.2 Å². The Morgan fingerprint density at radius 1 is 0.951 bits per heavy atom. The Balaban J connectivity index is 1.10. The van der Waals surface area contributed by atoms with Crippen molar-refractivity contribution in [2.24, 2.45) is 0 Å². The number of hydroxylamine groups is 2. The Hall–Kier alpha value is -5.20. The third-order valence-electron chi connectivity index (χ3n) is 6.90. The van der Waals surface area contributed by atoms with Gasteiger partial charge in [0.2, 0.25) is 5.95 Å². The molecule has 9 nitrogen and oxygen atoms in total. The molecule has 2 N–H and O–H groups in total. The number of hydrogen-bond donors (Lipinski definition) is 2. The van der Waals surface area contributed by atoms with Crippen LogP contribution in [0, 0.1) is 11.8 Å². The maximum atomic E-state index is 13.0. The van der Waals surface area contributed by atoms with Crippen LogP contribution in [0.3, 0.4) is 0 Å². The minimum absolute atomic E-state index is 0.135. The molecule has 6 rings (SSSR count). The normalized spacial score (nSPS) is 16.8. The van der Waals surface area contributed by atoms with Crippen molar-refractivity contribution in [3.05, 3.63) is 113 Å². The lowest BCUT2D eigenvalue weighted by atomic mass is 9.95. The first-order chi connectivity index (χ1) is 19.9. The number of amides is 2. The molecule has 0 radical (unpaired) electrons. The van der Waals surface area contributed by atoms with E-state index < -0.39 is 5.60 Å². The van der Waals surface area contributed by atoms with E-state index in [2.05, 4.69) is 32.4 Å². The summed E-state index contributed by atoms with van der Waals surface area (Å²) in [5, 5.41) is 7.47. The van der Waals surface area contributed by atoms with Gasteiger partial charge in [-0.2, -0.15) is 5.06 Å². The zero-order valence-corrected chi connectivity index (χ0v) is 22.5. The molecule has 204 valence electrons. The Kier molecular flexibility index (Phi) is 6.83. The van der Waals surface area contributed by atoms with Crippen molar-refractivity contribution in [3.63, 3.8) is 0 Å². The van der Waals surface area contributed by atoms with Crippen LogP contribution in [0.15, 0.2) is 85.2 Å². The summed E-state index contributed by atoms with van der Waals surface area (Å²) in [6.45, 7) is 4.20. The number of nitrogens with one attached hydrogen (secondary N) is 2. The van der Waals surface area contributed by atoms with Crippen LogP contribution in [0.2, 0.25) is 0 Å². The molecule has 1 atom stereocenters. The molecule has 1 saturated heterocycles. The van der Waals surface area contributed by atoms with Crippen LogP contribution in [-0.4, -0.2) is 33.6 Å². The molecule has 0 unspecified atom stereocenters. The summed E-state index contributed by atoms with van der Waals surface area (Å²) in [7, 11) is 0. The molecule has 3 aromatic carbocycles. The lowest BCUT2D eigenvalue weighted by molar-refractivity contribution is -0.0829. The van der Waals surface area contributed by atoms with Crippen molar-refractivity contribution < 1.29 is 19.2 Å². The van der Waals surface area contributed by atoms with Crippen LogP contribution in [0.1, 0.15) is 58.9 Å². The second-order valence-corrected chi connectivity index (χ2v) is 10.2. The van der Waals surface area contributed by atoms with Gasteiger partial charge in [-0.15, -0.1) is 0 Å². The molecule has 3 heterocycles. The van der Waals surface area contributed by atoms with Gasteiger partial charge in [-0.05, 0) is 55.8 Å². The highest BCUT2D eigenvalue weighted by Gasteiger charge is 2.37. The molecule has 1 fully saturated rings. The number of carbonyl (C=O) groups excluding carboxylic acids is 2. The molecule has 2 aliphatic heterocycles. The molecule has 2 aliphatic rings. The van der Waals surface area contributed by atoms with Crippen LogP contribution >= 0.6 is 0 Å². The van der Waals surface area contributed by atoms with Crippen molar-refractivity contribution in [2.45, 2.75) is 31.9 Å². The fraction of sp³-hybridized carbons (Fsp3) is 0.188. The molecule has 2 amide bonds. The van der Waals surface area contributed by atoms with Crippen molar-refractivity contribution in [1.82, 2.24) is 15.0 Å². The van der Waals surface area contributed by atoms with Gasteiger partial charge in [-0.25, -0.2) is 19.6 Å². The first kappa shape index (κ1) is 26.0. The maximum absolute atomic E-state index is 13.0. The quantitative estimate of drug-likeness (QED) is 0.242. The molecule has 0 spiro atoms. The van der Waals surface area contributed by atoms with E-state index in [4.69, 9.17) is 9.57 Å². The van der Waals surface area contributed by atoms with E-state index in [1.165, 1.54) is 5.06 Å². The number of anilines is 3. The Bertz CT molecular complexity index is 1680. The highest BCUT2D eigenvalue weighted by molar-refractivity contribution is 5.95. The summed E-state index contributed by atoms with van der Waals surface area (Å²) in [4.78, 5) is 39.3. The number of benzene rings is 3. The fourth-order valence-corrected chi connectivity index (χ4v) is 4.87. The molecular weight excluding hydrogens is 518 g/mol. The van der Waals surface area contributed by atoms with Crippen molar-refractivity contribution in [1.29, 1.82) is 0 Å². The number of urea groups is 1. The van der Waals surface area contributed by atoms with Crippen molar-refractivity contribution >= 4 is 29.3 Å². The van der Waals surface area contributed by atoms with Gasteiger partial charge in [-0.1, -0.05) is 48.2 Å². The van der Waals surface area contributed by atoms with Crippen LogP contribution in [0.25, 0.3) is 0 Å². The van der Waals surface area contributed by atoms with Crippen LogP contribution in [0.4, 0.5) is 22.1 Å². The van der Waals surface area contributed by atoms with Gasteiger partial charge in [0.05, 0.1) is 23.8 Å². The fourth-order valence-electron chi connectivity index (χ4n) is 4.87. The van der Waals surface area contributed by atoms with E-state index in [1.807, 2.05) is 68.4 Å². The second kappa shape index (κ2) is 10.8. The molecule has 4 aromatic rings. The lowest BCUT2D eigenvalue weighted by Crippen LogP contribution is -2.33. The lowest BCUT2D eigenvalue weighted by Gasteiger charge is -2.23. The predicted molar refractivity (Wildman–Crippen MR) is 153 cm³/mol. The first-order valence-corrected chi connectivity index (χ1v) is 13.2. The number of carbonyl (C=O) groups is 2. The van der Waals surface area contributed by atoms with E-state index in [1.54, 1.807) is 30.6 Å². The van der Waals surface area contributed by atoms with Gasteiger partial charge in [-0.3, -0.25) is 4.84 Å². The van der Waals surface area contributed by atoms with Gasteiger partial charge < -0.3 is 15.4 Å². The summed E-state index contributed by atoms with van der Waals surface area (Å²) >= 11 is 0. The van der Waals surface area contributed by atoms with E-state index in [9.17, 15) is 9.59 Å². The van der Waals surface area contributed by atoms with Crippen molar-refractivity contribution in [2.75, 3.05) is 17.2 Å². The summed E-state index contributed by atoms with van der Waals surface area (Å²) in [5.41, 5.74) is 4.46. The van der Waals surface area contributed by atoms with Crippen molar-refractivity contribution in [3.8, 4) is 11.8 Å². The first-order valence-electron chi connectivity index (χ1n) is 13.2. The van der Waals surface area contributed by atoms with Gasteiger partial charge in [0.1, 0.15) is 5.60 Å². The average Bonchev–Trinajstić information content (AvgIpc) is 3.56. The SMILES string of the molecule is CC1(C)OC(=O)c2ccc(Nc3ncc(C#Cc4cccc(NC(=O)N5OCC[C@H]5c5ccccc5)c4)cn3)cc21. The minimum atomic E-state index is -0.683. The summed E-state index contributed by atoms with van der Waals surface area (Å²) < 4.78 is 5.43. The van der Waals surface area contributed by atoms with E-state index in [0.717, 1.165) is 28.8 Å². The maximum Gasteiger partial charge on any atom is 0.346 e. The molecule has 0 bridgehead atoms. The third-order valence-corrected chi connectivity index (χ3v) is 6.90. The highest BCUT2D eigenvalue weighted by atomic mass is 16.7. The highest BCUT2D eigenvalue weighted by Crippen LogP contribution is 2.37. The summed E-state index contributed by atoms with van der Waals surface area (Å²) in [6.07, 6.45) is 4.00. The zero-order chi connectivity index (χ0) is 28.4. The number of hydrogen-bond acceptors (Lipinski definition) is 7. The number of esters is 1. The number of fused-ring (bicyclic) bond motifs is 1. The average molecular weight is 546 g/mol. The predicted octanol–water partition coefficient (Wildman–Crippen LogP) is 5.94. The van der Waals surface area contributed by atoms with E-state index >= 15 is 0 Å². The number of aromatic nitrogens is 2.